The number of rotatable bonds is 4. The highest BCUT2D eigenvalue weighted by Gasteiger charge is 2.19. The molecule has 5 nitrogen and oxygen atoms in total. The fourth-order valence-electron chi connectivity index (χ4n) is 0.411. The van der Waals surface area contributed by atoms with Gasteiger partial charge in [0.05, 0.1) is 6.61 Å². The third kappa shape index (κ3) is 6.04. The molecule has 6 heteroatoms. The van der Waals surface area contributed by atoms with Gasteiger partial charge in [0.2, 0.25) is 0 Å². The quantitative estimate of drug-likeness (QED) is 0.512. The summed E-state index contributed by atoms with van der Waals surface area (Å²) >= 11 is 0. The van der Waals surface area contributed by atoms with E-state index in [1.165, 1.54) is 0 Å². The molecule has 1 atom stereocenters. The second-order valence-electron chi connectivity index (χ2n) is 1.82. The average molecular weight is 182 g/mol. The van der Waals surface area contributed by atoms with Crippen molar-refractivity contribution in [2.24, 2.45) is 0 Å². The largest absolute Gasteiger partial charge is 0.453 e. The van der Waals surface area contributed by atoms with Crippen LogP contribution in [0.3, 0.4) is 0 Å². The molecule has 0 heterocycles. The Morgan fingerprint density at radius 3 is 2.55 bits per heavy atom. The second kappa shape index (κ2) is 4.49. The number of hydrogen-bond acceptors (Lipinski definition) is 4. The maximum atomic E-state index is 10.8. The van der Waals surface area contributed by atoms with Crippen LogP contribution in [0.5, 0.6) is 0 Å². The van der Waals surface area contributed by atoms with Crippen molar-refractivity contribution >= 4 is 13.6 Å². The van der Waals surface area contributed by atoms with Crippen LogP contribution in [0.15, 0.2) is 0 Å². The van der Waals surface area contributed by atoms with Gasteiger partial charge in [0.15, 0.2) is 6.35 Å². The summed E-state index contributed by atoms with van der Waals surface area (Å²) < 4.78 is 19.5. The second-order valence-corrected chi connectivity index (χ2v) is 3.61. The van der Waals surface area contributed by atoms with Gasteiger partial charge in [0.1, 0.15) is 0 Å². The van der Waals surface area contributed by atoms with Crippen molar-refractivity contribution in [1.82, 2.24) is 0 Å². The van der Waals surface area contributed by atoms with Crippen LogP contribution in [0.2, 0.25) is 0 Å². The van der Waals surface area contributed by atoms with E-state index in [0.717, 1.165) is 6.92 Å². The average Bonchev–Trinajstić information content (AvgIpc) is 1.84. The molecule has 0 bridgehead atoms. The van der Waals surface area contributed by atoms with Gasteiger partial charge in [-0.1, -0.05) is 0 Å². The summed E-state index contributed by atoms with van der Waals surface area (Å²) in [5.74, 6) is -0.598. The monoisotopic (exact) mass is 182 g/mol. The molecule has 0 aromatic heterocycles. The van der Waals surface area contributed by atoms with E-state index in [9.17, 15) is 9.36 Å². The van der Waals surface area contributed by atoms with E-state index < -0.39 is 19.9 Å². The molecule has 0 spiro atoms. The molecular formula is C5H11O5P. The fourth-order valence-corrected chi connectivity index (χ4v) is 1.23. The maximum absolute atomic E-state index is 10.8. The van der Waals surface area contributed by atoms with Crippen molar-refractivity contribution in [3.63, 3.8) is 0 Å². The van der Waals surface area contributed by atoms with Gasteiger partial charge in [-0.3, -0.25) is 9.36 Å². The first kappa shape index (κ1) is 10.6. The van der Waals surface area contributed by atoms with Gasteiger partial charge in [0, 0.05) is 6.92 Å². The van der Waals surface area contributed by atoms with Gasteiger partial charge in [-0.05, 0) is 6.92 Å². The third-order valence-corrected chi connectivity index (χ3v) is 1.88. The summed E-state index contributed by atoms with van der Waals surface area (Å²) in [6.45, 7) is 2.86. The summed E-state index contributed by atoms with van der Waals surface area (Å²) in [4.78, 5) is 19.0. The van der Waals surface area contributed by atoms with Crippen LogP contribution in [-0.4, -0.2) is 23.8 Å². The van der Waals surface area contributed by atoms with E-state index in [-0.39, 0.29) is 6.61 Å². The van der Waals surface area contributed by atoms with Crippen LogP contribution in [0.4, 0.5) is 0 Å². The standard InChI is InChI=1S/C5H11O5P/c1-3-10-11(7,8)4-9-5(2)6/h3-4H2,1-2H3,(H,7,8). The van der Waals surface area contributed by atoms with Gasteiger partial charge in [-0.15, -0.1) is 0 Å². The molecule has 0 saturated heterocycles. The topological polar surface area (TPSA) is 72.8 Å². The Balaban J connectivity index is 3.73. The minimum atomic E-state index is -3.69. The number of carbonyl (C=O) groups is 1. The van der Waals surface area contributed by atoms with Crippen LogP contribution < -0.4 is 0 Å². The third-order valence-electron chi connectivity index (χ3n) is 0.762. The van der Waals surface area contributed by atoms with Gasteiger partial charge < -0.3 is 14.2 Å². The summed E-state index contributed by atoms with van der Waals surface area (Å²) in [5.41, 5.74) is 0. The molecule has 0 saturated carbocycles. The number of esters is 1. The highest BCUT2D eigenvalue weighted by atomic mass is 31.2. The fraction of sp³-hybridized carbons (Fsp3) is 0.800. The van der Waals surface area contributed by atoms with Crippen LogP contribution in [-0.2, 0) is 18.6 Å². The van der Waals surface area contributed by atoms with Crippen molar-refractivity contribution in [2.75, 3.05) is 13.0 Å². The predicted molar refractivity (Wildman–Crippen MR) is 38.1 cm³/mol. The minimum absolute atomic E-state index is 0.120. The van der Waals surface area contributed by atoms with E-state index in [4.69, 9.17) is 4.89 Å². The number of ether oxygens (including phenoxy) is 1. The smallest absolute Gasteiger partial charge is 0.365 e. The lowest BCUT2D eigenvalue weighted by Crippen LogP contribution is -2.03. The Bertz CT molecular complexity index is 178. The first-order valence-corrected chi connectivity index (χ1v) is 4.84. The molecule has 0 aromatic rings. The molecule has 0 fully saturated rings. The van der Waals surface area contributed by atoms with Gasteiger partial charge in [-0.25, -0.2) is 0 Å². The van der Waals surface area contributed by atoms with Crippen molar-refractivity contribution in [1.29, 1.82) is 0 Å². The van der Waals surface area contributed by atoms with Gasteiger partial charge >= 0.3 is 13.6 Å². The molecular weight excluding hydrogens is 171 g/mol. The maximum Gasteiger partial charge on any atom is 0.365 e. The van der Waals surface area contributed by atoms with Crippen molar-refractivity contribution in [3.8, 4) is 0 Å². The highest BCUT2D eigenvalue weighted by molar-refractivity contribution is 7.52. The number of hydrogen-bond donors (Lipinski definition) is 1. The molecule has 0 aliphatic heterocycles. The molecule has 0 aliphatic carbocycles. The lowest BCUT2D eigenvalue weighted by atomic mass is 10.8. The first-order valence-electron chi connectivity index (χ1n) is 3.07. The van der Waals surface area contributed by atoms with Gasteiger partial charge in [-0.2, -0.15) is 0 Å². The first-order chi connectivity index (χ1) is 4.98. The van der Waals surface area contributed by atoms with Crippen molar-refractivity contribution in [2.45, 2.75) is 13.8 Å². The molecule has 11 heavy (non-hydrogen) atoms. The van der Waals surface area contributed by atoms with Crippen LogP contribution in [0, 0.1) is 0 Å². The Morgan fingerprint density at radius 1 is 1.64 bits per heavy atom. The zero-order valence-electron chi connectivity index (χ0n) is 6.44. The van der Waals surface area contributed by atoms with E-state index in [1.54, 1.807) is 6.92 Å². The normalized spacial score (nSPS) is 15.5. The molecule has 0 aromatic carbocycles. The van der Waals surface area contributed by atoms with Crippen molar-refractivity contribution < 1.29 is 23.5 Å². The molecule has 66 valence electrons. The van der Waals surface area contributed by atoms with Crippen molar-refractivity contribution in [3.05, 3.63) is 0 Å². The van der Waals surface area contributed by atoms with Crippen LogP contribution in [0.1, 0.15) is 13.8 Å². The molecule has 1 unspecified atom stereocenters. The minimum Gasteiger partial charge on any atom is -0.453 e. The van der Waals surface area contributed by atoms with Crippen LogP contribution >= 0.6 is 7.60 Å². The Hall–Kier alpha value is -0.380. The van der Waals surface area contributed by atoms with E-state index in [2.05, 4.69) is 9.26 Å². The SMILES string of the molecule is CCOP(=O)(O)COC(C)=O. The molecule has 0 aliphatic rings. The lowest BCUT2D eigenvalue weighted by molar-refractivity contribution is -0.139. The Kier molecular flexibility index (Phi) is 4.33. The van der Waals surface area contributed by atoms with E-state index in [0.29, 0.717) is 0 Å². The van der Waals surface area contributed by atoms with E-state index >= 15 is 0 Å². The van der Waals surface area contributed by atoms with E-state index in [1.807, 2.05) is 0 Å². The zero-order valence-corrected chi connectivity index (χ0v) is 7.34. The highest BCUT2D eigenvalue weighted by Crippen LogP contribution is 2.41. The zero-order chi connectivity index (χ0) is 8.91. The molecule has 0 radical (unpaired) electrons. The number of carbonyl (C=O) groups excluding carboxylic acids is 1. The summed E-state index contributed by atoms with van der Waals surface area (Å²) in [6.07, 6.45) is -0.573. The summed E-state index contributed by atoms with van der Waals surface area (Å²) in [7, 11) is -3.69. The lowest BCUT2D eigenvalue weighted by Gasteiger charge is -2.09. The summed E-state index contributed by atoms with van der Waals surface area (Å²) in [5, 5.41) is 0. The van der Waals surface area contributed by atoms with Gasteiger partial charge in [0.25, 0.3) is 0 Å². The Labute approximate surface area is 64.8 Å². The Morgan fingerprint density at radius 2 is 2.18 bits per heavy atom. The predicted octanol–water partition coefficient (Wildman–Crippen LogP) is 0.729. The van der Waals surface area contributed by atoms with Crippen LogP contribution in [0.25, 0.3) is 0 Å². The molecule has 0 rings (SSSR count). The summed E-state index contributed by atoms with van der Waals surface area (Å²) in [6, 6.07) is 0. The molecule has 1 N–H and O–H groups in total. The molecule has 0 amide bonds.